The summed E-state index contributed by atoms with van der Waals surface area (Å²) in [5.74, 6) is 0.689. The van der Waals surface area contributed by atoms with Crippen LogP contribution in [0, 0.1) is 0 Å². The van der Waals surface area contributed by atoms with E-state index in [9.17, 15) is 0 Å². The van der Waals surface area contributed by atoms with Gasteiger partial charge in [0.15, 0.2) is 5.82 Å². The second kappa shape index (κ2) is 16.6. The van der Waals surface area contributed by atoms with Crippen LogP contribution >= 0.6 is 0 Å². The predicted molar refractivity (Wildman–Crippen MR) is 316 cm³/mol. The Balaban J connectivity index is 1.03. The second-order valence-electron chi connectivity index (χ2n) is 19.7. The lowest BCUT2D eigenvalue weighted by atomic mass is 10.0. The molecular weight excluding hydrogens is 925 g/mol. The van der Waals surface area contributed by atoms with Gasteiger partial charge in [-0.2, -0.15) is 0 Å². The fourth-order valence-electron chi connectivity index (χ4n) is 12.3. The Morgan fingerprint density at radius 3 is 1.16 bits per heavy atom. The first-order valence-electron chi connectivity index (χ1n) is 25.9. The zero-order chi connectivity index (χ0) is 49.8. The van der Waals surface area contributed by atoms with Gasteiger partial charge in [0.25, 0.3) is 0 Å². The summed E-state index contributed by atoms with van der Waals surface area (Å²) >= 11 is 0. The molecule has 0 N–H and O–H groups in total. The summed E-state index contributed by atoms with van der Waals surface area (Å²) in [6.07, 6.45) is 0. The van der Waals surface area contributed by atoms with E-state index in [0.717, 1.165) is 83.8 Å². The number of aromatic nitrogens is 6. The van der Waals surface area contributed by atoms with E-state index in [1.807, 2.05) is 24.3 Å². The van der Waals surface area contributed by atoms with Gasteiger partial charge in [-0.05, 0) is 97.1 Å². The molecule has 0 saturated carbocycles. The van der Waals surface area contributed by atoms with Crippen molar-refractivity contribution in [1.29, 1.82) is 0 Å². The van der Waals surface area contributed by atoms with Crippen molar-refractivity contribution in [2.75, 3.05) is 0 Å². The van der Waals surface area contributed by atoms with E-state index < -0.39 is 0 Å². The number of rotatable bonds is 7. The fraction of sp³-hybridized carbons (Fsp3) is 0. The average molecular weight is 969 g/mol. The highest BCUT2D eigenvalue weighted by atomic mass is 15.0. The van der Waals surface area contributed by atoms with Crippen molar-refractivity contribution >= 4 is 87.2 Å². The molecule has 11 aromatic carbocycles. The fourth-order valence-corrected chi connectivity index (χ4v) is 12.3. The molecule has 16 rings (SSSR count). The molecule has 0 bridgehead atoms. The molecule has 0 spiro atoms. The molecule has 0 aliphatic carbocycles. The molecule has 0 atom stereocenters. The zero-order valence-corrected chi connectivity index (χ0v) is 41.1. The highest BCUT2D eigenvalue weighted by Gasteiger charge is 2.25. The third-order valence-electron chi connectivity index (χ3n) is 15.5. The topological polar surface area (TPSA) is 45.5 Å². The maximum Gasteiger partial charge on any atom is 0.160 e. The van der Waals surface area contributed by atoms with Gasteiger partial charge in [-0.3, -0.25) is 0 Å². The largest absolute Gasteiger partial charge is 0.309 e. The van der Waals surface area contributed by atoms with Gasteiger partial charge in [0.05, 0.1) is 55.5 Å². The van der Waals surface area contributed by atoms with Crippen molar-refractivity contribution in [2.45, 2.75) is 0 Å². The smallest absolute Gasteiger partial charge is 0.160 e. The Labute approximate surface area is 436 Å². The molecule has 16 aromatic rings. The van der Waals surface area contributed by atoms with E-state index in [2.05, 4.69) is 261 Å². The number of benzene rings is 11. The molecule has 0 amide bonds. The van der Waals surface area contributed by atoms with Gasteiger partial charge in [0, 0.05) is 82.5 Å². The lowest BCUT2D eigenvalue weighted by molar-refractivity contribution is 1.16. The van der Waals surface area contributed by atoms with Crippen LogP contribution in [-0.4, -0.2) is 28.2 Å². The van der Waals surface area contributed by atoms with E-state index in [4.69, 9.17) is 9.97 Å². The molecule has 76 heavy (non-hydrogen) atoms. The lowest BCUT2D eigenvalue weighted by Gasteiger charge is -2.11. The van der Waals surface area contributed by atoms with Crippen molar-refractivity contribution in [3.8, 4) is 56.7 Å². The number of hydrogen-bond acceptors (Lipinski definition) is 2. The van der Waals surface area contributed by atoms with Crippen molar-refractivity contribution in [3.05, 3.63) is 267 Å². The molecule has 0 saturated heterocycles. The van der Waals surface area contributed by atoms with Crippen molar-refractivity contribution in [2.24, 2.45) is 0 Å². The van der Waals surface area contributed by atoms with Gasteiger partial charge >= 0.3 is 0 Å². The van der Waals surface area contributed by atoms with Gasteiger partial charge in [-0.1, -0.05) is 170 Å². The molecule has 0 aliphatic rings. The summed E-state index contributed by atoms with van der Waals surface area (Å²) in [5.41, 5.74) is 18.4. The normalized spacial score (nSPS) is 11.9. The quantitative estimate of drug-likeness (QED) is 0.160. The van der Waals surface area contributed by atoms with E-state index in [1.54, 1.807) is 0 Å². The molecule has 5 aromatic heterocycles. The lowest BCUT2D eigenvalue weighted by Crippen LogP contribution is -1.97. The van der Waals surface area contributed by atoms with E-state index in [-0.39, 0.29) is 0 Å². The first-order chi connectivity index (χ1) is 37.7. The summed E-state index contributed by atoms with van der Waals surface area (Å²) in [6.45, 7) is 0. The molecule has 0 fully saturated rings. The average Bonchev–Trinajstić information content (AvgIpc) is 4.32. The summed E-state index contributed by atoms with van der Waals surface area (Å²) in [7, 11) is 0. The van der Waals surface area contributed by atoms with E-state index in [1.165, 1.54) is 54.3 Å². The molecule has 6 nitrogen and oxygen atoms in total. The Hall–Kier alpha value is -10.3. The minimum absolute atomic E-state index is 0.689. The molecule has 0 aliphatic heterocycles. The monoisotopic (exact) mass is 968 g/mol. The first-order valence-corrected chi connectivity index (χ1v) is 25.9. The predicted octanol–water partition coefficient (Wildman–Crippen LogP) is 17.9. The van der Waals surface area contributed by atoms with Gasteiger partial charge in [-0.25, -0.2) is 9.97 Å². The highest BCUT2D eigenvalue weighted by Crippen LogP contribution is 2.46. The Bertz CT molecular complexity index is 4890. The van der Waals surface area contributed by atoms with Crippen LogP contribution in [0.3, 0.4) is 0 Å². The second-order valence-corrected chi connectivity index (χ2v) is 19.7. The van der Waals surface area contributed by atoms with Crippen LogP contribution in [-0.2, 0) is 0 Å². The maximum atomic E-state index is 5.35. The van der Waals surface area contributed by atoms with Crippen molar-refractivity contribution in [3.63, 3.8) is 0 Å². The molecule has 5 heterocycles. The van der Waals surface area contributed by atoms with Gasteiger partial charge in [0.1, 0.15) is 0 Å². The standard InChI is InChI=1S/C70H44N6/c1-6-20-45(21-7-1)58-44-59(72-70(71-58)46-22-8-2-9-23-46)47-34-38-62-56(42-47)66-65(41-37-54-52-30-16-18-32-60(52)75(68(54)66)49-26-12-4-13-27-49)74(62)51-35-39-63-57(43-51)67-64(73(63)48-24-10-3-11-25-48)40-36-55-53-31-17-19-33-61(53)76(69(55)67)50-28-14-5-15-29-50/h1-44H. The number of para-hydroxylation sites is 5. The Morgan fingerprint density at radius 2 is 0.618 bits per heavy atom. The molecule has 0 radical (unpaired) electrons. The Kier molecular flexibility index (Phi) is 9.23. The summed E-state index contributed by atoms with van der Waals surface area (Å²) in [4.78, 5) is 10.5. The molecule has 354 valence electrons. The minimum atomic E-state index is 0.689. The third-order valence-corrected chi connectivity index (χ3v) is 15.5. The van der Waals surface area contributed by atoms with Crippen LogP contribution in [0.25, 0.3) is 144 Å². The highest BCUT2D eigenvalue weighted by molar-refractivity contribution is 6.28. The maximum absolute atomic E-state index is 5.35. The van der Waals surface area contributed by atoms with Crippen LogP contribution in [0.5, 0.6) is 0 Å². The summed E-state index contributed by atoms with van der Waals surface area (Å²) in [6, 6.07) is 96.3. The zero-order valence-electron chi connectivity index (χ0n) is 41.1. The molecule has 6 heteroatoms. The first kappa shape index (κ1) is 42.2. The third kappa shape index (κ3) is 6.28. The van der Waals surface area contributed by atoms with Crippen LogP contribution in [0.4, 0.5) is 0 Å². The molecular formula is C70H44N6. The van der Waals surface area contributed by atoms with Crippen LogP contribution in [0.1, 0.15) is 0 Å². The minimum Gasteiger partial charge on any atom is -0.309 e. The van der Waals surface area contributed by atoms with Crippen molar-refractivity contribution < 1.29 is 0 Å². The van der Waals surface area contributed by atoms with Crippen LogP contribution in [0.2, 0.25) is 0 Å². The van der Waals surface area contributed by atoms with Crippen LogP contribution in [0.15, 0.2) is 267 Å². The van der Waals surface area contributed by atoms with Gasteiger partial charge in [0.2, 0.25) is 0 Å². The van der Waals surface area contributed by atoms with E-state index in [0.29, 0.717) is 5.82 Å². The summed E-state index contributed by atoms with van der Waals surface area (Å²) < 4.78 is 9.86. The van der Waals surface area contributed by atoms with Crippen molar-refractivity contribution in [1.82, 2.24) is 28.2 Å². The number of hydrogen-bond donors (Lipinski definition) is 0. The van der Waals surface area contributed by atoms with Gasteiger partial charge in [-0.15, -0.1) is 0 Å². The Morgan fingerprint density at radius 1 is 0.224 bits per heavy atom. The SMILES string of the molecule is c1ccc(-c2cc(-c3ccc4c(c3)c3c(ccc5c6ccccc6n(-c6ccccc6)c53)n4-c3ccc4c(c3)c3c(ccc5c6ccccc6n(-c6ccccc6)c53)n4-c3ccccc3)nc(-c3ccccc3)n2)cc1. The van der Waals surface area contributed by atoms with Crippen LogP contribution < -0.4 is 0 Å². The van der Waals surface area contributed by atoms with E-state index >= 15 is 0 Å². The molecule has 0 unspecified atom stereocenters. The van der Waals surface area contributed by atoms with Gasteiger partial charge < -0.3 is 18.3 Å². The number of nitrogens with zero attached hydrogens (tertiary/aromatic N) is 6. The summed E-state index contributed by atoms with van der Waals surface area (Å²) in [5, 5.41) is 9.56. The number of fused-ring (bicyclic) bond motifs is 14.